The molecule has 1 unspecified atom stereocenters. The summed E-state index contributed by atoms with van der Waals surface area (Å²) >= 11 is 0. The summed E-state index contributed by atoms with van der Waals surface area (Å²) in [5.74, 6) is -0.870. The molecule has 6 heteroatoms. The first-order valence-electron chi connectivity index (χ1n) is 29.3. The van der Waals surface area contributed by atoms with E-state index in [2.05, 4.69) is 45.1 Å². The number of ether oxygens (including phenoxy) is 3. The van der Waals surface area contributed by atoms with Crippen molar-refractivity contribution in [3.05, 3.63) is 24.3 Å². The summed E-state index contributed by atoms with van der Waals surface area (Å²) in [6.45, 7) is 6.60. The molecule has 0 heterocycles. The first-order valence-corrected chi connectivity index (χ1v) is 29.3. The lowest BCUT2D eigenvalue weighted by Crippen LogP contribution is -2.30. The van der Waals surface area contributed by atoms with Crippen molar-refractivity contribution in [3.8, 4) is 0 Å². The average Bonchev–Trinajstić information content (AvgIpc) is 3.31. The highest BCUT2D eigenvalue weighted by Gasteiger charge is 2.19. The molecule has 0 saturated carbocycles. The monoisotopic (exact) mass is 929 g/mol. The topological polar surface area (TPSA) is 78.9 Å². The van der Waals surface area contributed by atoms with E-state index in [4.69, 9.17) is 14.2 Å². The summed E-state index contributed by atoms with van der Waals surface area (Å²) in [6, 6.07) is 0. The zero-order valence-electron chi connectivity index (χ0n) is 44.5. The van der Waals surface area contributed by atoms with Crippen LogP contribution in [0.1, 0.15) is 323 Å². The van der Waals surface area contributed by atoms with Crippen molar-refractivity contribution >= 4 is 17.9 Å². The van der Waals surface area contributed by atoms with Crippen molar-refractivity contribution in [2.24, 2.45) is 0 Å². The summed E-state index contributed by atoms with van der Waals surface area (Å²) < 4.78 is 16.8. The van der Waals surface area contributed by atoms with Gasteiger partial charge in [0, 0.05) is 19.3 Å². The second-order valence-corrected chi connectivity index (χ2v) is 19.9. The molecule has 0 fully saturated rings. The maximum absolute atomic E-state index is 12.8. The lowest BCUT2D eigenvalue weighted by Gasteiger charge is -2.18. The largest absolute Gasteiger partial charge is 0.462 e. The van der Waals surface area contributed by atoms with Gasteiger partial charge in [-0.05, 0) is 51.4 Å². The maximum atomic E-state index is 12.8. The highest BCUT2D eigenvalue weighted by atomic mass is 16.6. The van der Waals surface area contributed by atoms with Crippen molar-refractivity contribution in [2.45, 2.75) is 329 Å². The Hall–Kier alpha value is -2.11. The van der Waals surface area contributed by atoms with E-state index in [1.807, 2.05) is 0 Å². The fraction of sp³-hybridized carbons (Fsp3) is 0.883. The SMILES string of the molecule is CCCCC/C=C\C/C=C\CCCCCCCCCC(=O)OC(COC(=O)CCCCCCCC)COC(=O)CCCCCCCCCCCCCCCCCCCCCCCCCCC. The molecule has 0 aliphatic rings. The van der Waals surface area contributed by atoms with Gasteiger partial charge in [-0.1, -0.05) is 276 Å². The van der Waals surface area contributed by atoms with Gasteiger partial charge in [0.15, 0.2) is 6.10 Å². The summed E-state index contributed by atoms with van der Waals surface area (Å²) in [5, 5.41) is 0. The average molecular weight is 930 g/mol. The van der Waals surface area contributed by atoms with E-state index >= 15 is 0 Å². The van der Waals surface area contributed by atoms with Gasteiger partial charge in [-0.3, -0.25) is 14.4 Å². The number of allylic oxidation sites excluding steroid dienone is 4. The third kappa shape index (κ3) is 52.9. The Morgan fingerprint density at radius 3 is 0.864 bits per heavy atom. The summed E-state index contributed by atoms with van der Waals surface area (Å²) in [5.41, 5.74) is 0. The van der Waals surface area contributed by atoms with Crippen LogP contribution in [0.2, 0.25) is 0 Å². The second-order valence-electron chi connectivity index (χ2n) is 19.9. The van der Waals surface area contributed by atoms with Crippen molar-refractivity contribution in [1.29, 1.82) is 0 Å². The minimum absolute atomic E-state index is 0.0702. The maximum Gasteiger partial charge on any atom is 0.306 e. The van der Waals surface area contributed by atoms with E-state index in [0.717, 1.165) is 70.6 Å². The zero-order chi connectivity index (χ0) is 47.9. The van der Waals surface area contributed by atoms with E-state index in [1.54, 1.807) is 0 Å². The first-order chi connectivity index (χ1) is 32.5. The fourth-order valence-electron chi connectivity index (χ4n) is 8.77. The van der Waals surface area contributed by atoms with Crippen LogP contribution in [0.25, 0.3) is 0 Å². The van der Waals surface area contributed by atoms with Gasteiger partial charge in [-0.15, -0.1) is 0 Å². The first kappa shape index (κ1) is 63.9. The van der Waals surface area contributed by atoms with E-state index in [-0.39, 0.29) is 31.1 Å². The number of carbonyl (C=O) groups is 3. The molecule has 1 atom stereocenters. The number of carbonyl (C=O) groups excluding carboxylic acids is 3. The van der Waals surface area contributed by atoms with Crippen LogP contribution in [-0.4, -0.2) is 37.2 Å². The summed E-state index contributed by atoms with van der Waals surface area (Å²) in [7, 11) is 0. The van der Waals surface area contributed by atoms with E-state index < -0.39 is 6.10 Å². The Balaban J connectivity index is 4.05. The van der Waals surface area contributed by atoms with Crippen LogP contribution >= 0.6 is 0 Å². The van der Waals surface area contributed by atoms with Crippen LogP contribution in [0, 0.1) is 0 Å². The molecule has 0 spiro atoms. The predicted molar refractivity (Wildman–Crippen MR) is 284 cm³/mol. The molecule has 0 rings (SSSR count). The number of esters is 3. The van der Waals surface area contributed by atoms with Gasteiger partial charge >= 0.3 is 17.9 Å². The second kappa shape index (κ2) is 55.5. The molecule has 0 aromatic heterocycles. The molecular formula is C60H112O6. The van der Waals surface area contributed by atoms with Crippen LogP contribution in [0.3, 0.4) is 0 Å². The fourth-order valence-corrected chi connectivity index (χ4v) is 8.77. The number of hydrogen-bond donors (Lipinski definition) is 0. The Labute approximate surface area is 411 Å². The third-order valence-corrected chi connectivity index (χ3v) is 13.2. The summed E-state index contributed by atoms with van der Waals surface area (Å²) in [6.07, 6.45) is 65.0. The molecule has 0 aliphatic heterocycles. The molecule has 0 radical (unpaired) electrons. The Morgan fingerprint density at radius 1 is 0.303 bits per heavy atom. The lowest BCUT2D eigenvalue weighted by molar-refractivity contribution is -0.167. The van der Waals surface area contributed by atoms with Crippen LogP contribution in [0.4, 0.5) is 0 Å². The van der Waals surface area contributed by atoms with Gasteiger partial charge in [0.25, 0.3) is 0 Å². The minimum Gasteiger partial charge on any atom is -0.462 e. The lowest BCUT2D eigenvalue weighted by atomic mass is 10.0. The molecule has 0 aliphatic carbocycles. The van der Waals surface area contributed by atoms with Gasteiger partial charge in [0.05, 0.1) is 0 Å². The molecule has 0 bridgehead atoms. The van der Waals surface area contributed by atoms with Gasteiger partial charge in [-0.25, -0.2) is 0 Å². The number of hydrogen-bond acceptors (Lipinski definition) is 6. The van der Waals surface area contributed by atoms with Crippen molar-refractivity contribution in [2.75, 3.05) is 13.2 Å². The standard InChI is InChI=1S/C60H112O6/c1-4-7-10-13-16-18-20-22-24-26-27-28-29-30-31-32-33-35-36-38-40-42-44-47-50-53-59(62)65-56-57(55-64-58(61)52-49-46-15-12-9-6-3)66-60(63)54-51-48-45-43-41-39-37-34-25-23-21-19-17-14-11-8-5-2/h17,19,23,25,57H,4-16,18,20-22,24,26-56H2,1-3H3/b19-17-,25-23-. The van der Waals surface area contributed by atoms with Crippen LogP contribution in [0.15, 0.2) is 24.3 Å². The highest BCUT2D eigenvalue weighted by Crippen LogP contribution is 2.17. The van der Waals surface area contributed by atoms with E-state index in [9.17, 15) is 14.4 Å². The van der Waals surface area contributed by atoms with Crippen molar-refractivity contribution in [1.82, 2.24) is 0 Å². The number of rotatable bonds is 54. The summed E-state index contributed by atoms with van der Waals surface area (Å²) in [4.78, 5) is 37.9. The molecule has 0 aromatic rings. The van der Waals surface area contributed by atoms with Crippen LogP contribution in [0.5, 0.6) is 0 Å². The van der Waals surface area contributed by atoms with Crippen LogP contribution < -0.4 is 0 Å². The Morgan fingerprint density at radius 2 is 0.545 bits per heavy atom. The molecule has 0 N–H and O–H groups in total. The Bertz CT molecular complexity index is 1070. The molecule has 0 amide bonds. The Kier molecular flexibility index (Phi) is 53.7. The van der Waals surface area contributed by atoms with Gasteiger partial charge in [-0.2, -0.15) is 0 Å². The van der Waals surface area contributed by atoms with Crippen molar-refractivity contribution in [3.63, 3.8) is 0 Å². The highest BCUT2D eigenvalue weighted by molar-refractivity contribution is 5.71. The van der Waals surface area contributed by atoms with Gasteiger partial charge in [0.2, 0.25) is 0 Å². The molecule has 6 nitrogen and oxygen atoms in total. The molecule has 0 saturated heterocycles. The van der Waals surface area contributed by atoms with E-state index in [1.165, 1.54) is 212 Å². The predicted octanol–water partition coefficient (Wildman–Crippen LogP) is 19.5. The smallest absolute Gasteiger partial charge is 0.306 e. The third-order valence-electron chi connectivity index (χ3n) is 13.2. The normalized spacial score (nSPS) is 12.1. The molecule has 0 aromatic carbocycles. The molecule has 388 valence electrons. The molecule has 66 heavy (non-hydrogen) atoms. The van der Waals surface area contributed by atoms with Crippen LogP contribution in [-0.2, 0) is 28.6 Å². The van der Waals surface area contributed by atoms with Gasteiger partial charge in [0.1, 0.15) is 13.2 Å². The van der Waals surface area contributed by atoms with Crippen molar-refractivity contribution < 1.29 is 28.6 Å². The van der Waals surface area contributed by atoms with E-state index in [0.29, 0.717) is 19.3 Å². The van der Waals surface area contributed by atoms with Gasteiger partial charge < -0.3 is 14.2 Å². The zero-order valence-corrected chi connectivity index (χ0v) is 44.5. The minimum atomic E-state index is -0.769. The quantitative estimate of drug-likeness (QED) is 0.0262. The number of unbranched alkanes of at least 4 members (excludes halogenated alkanes) is 39. The molecular weight excluding hydrogens is 817 g/mol.